The minimum absolute atomic E-state index is 0. The van der Waals surface area contributed by atoms with Gasteiger partial charge in [0.15, 0.2) is 5.96 Å². The summed E-state index contributed by atoms with van der Waals surface area (Å²) in [5.74, 6) is 0.823. The van der Waals surface area contributed by atoms with Crippen molar-refractivity contribution in [3.05, 3.63) is 71.3 Å². The van der Waals surface area contributed by atoms with E-state index in [9.17, 15) is 0 Å². The van der Waals surface area contributed by atoms with Crippen molar-refractivity contribution in [2.75, 3.05) is 46.4 Å². The molecule has 0 aliphatic carbocycles. The Morgan fingerprint density at radius 3 is 2.43 bits per heavy atom. The van der Waals surface area contributed by atoms with Crippen LogP contribution in [0, 0.1) is 0 Å². The van der Waals surface area contributed by atoms with Crippen LogP contribution in [0.5, 0.6) is 0 Å². The van der Waals surface area contributed by atoms with E-state index in [1.165, 1.54) is 16.7 Å². The van der Waals surface area contributed by atoms with Crippen LogP contribution >= 0.6 is 24.0 Å². The lowest BCUT2D eigenvalue weighted by Gasteiger charge is -2.26. The van der Waals surface area contributed by atoms with Crippen LogP contribution in [0.3, 0.4) is 0 Å². The summed E-state index contributed by atoms with van der Waals surface area (Å²) in [7, 11) is 1.80. The van der Waals surface area contributed by atoms with E-state index < -0.39 is 0 Å². The Balaban J connectivity index is 0.00000320. The van der Waals surface area contributed by atoms with E-state index in [0.717, 1.165) is 51.9 Å². The molecule has 1 heterocycles. The van der Waals surface area contributed by atoms with Crippen LogP contribution in [-0.4, -0.2) is 57.3 Å². The van der Waals surface area contributed by atoms with E-state index in [1.54, 1.807) is 7.05 Å². The number of rotatable bonds is 9. The standard InChI is InChI=1S/C23H32N4O2.HI/c1-24-23(25-10-11-27-12-14-28-15-13-27)26-17-21-8-5-9-22(16-21)19-29-18-20-6-3-2-4-7-20;/h2-9,16H,10-15,17-19H2,1H3,(H2,24,25,26);1H. The highest BCUT2D eigenvalue weighted by Gasteiger charge is 2.09. The molecular formula is C23H33IN4O2. The summed E-state index contributed by atoms with van der Waals surface area (Å²) in [4.78, 5) is 6.72. The molecule has 1 aliphatic rings. The monoisotopic (exact) mass is 524 g/mol. The molecule has 7 heteroatoms. The van der Waals surface area contributed by atoms with Crippen LogP contribution in [0.15, 0.2) is 59.6 Å². The maximum Gasteiger partial charge on any atom is 0.191 e. The molecule has 0 spiro atoms. The van der Waals surface area contributed by atoms with Gasteiger partial charge in [-0.15, -0.1) is 24.0 Å². The number of aliphatic imine (C=N–C) groups is 1. The zero-order valence-corrected chi connectivity index (χ0v) is 20.0. The highest BCUT2D eigenvalue weighted by atomic mass is 127. The Kier molecular flexibility index (Phi) is 11.8. The van der Waals surface area contributed by atoms with Gasteiger partial charge in [0.05, 0.1) is 26.4 Å². The Morgan fingerprint density at radius 2 is 1.67 bits per heavy atom. The first-order valence-corrected chi connectivity index (χ1v) is 10.3. The highest BCUT2D eigenvalue weighted by Crippen LogP contribution is 2.09. The molecule has 0 amide bonds. The molecule has 3 rings (SSSR count). The number of guanidine groups is 1. The maximum absolute atomic E-state index is 5.85. The van der Waals surface area contributed by atoms with Gasteiger partial charge in [-0.2, -0.15) is 0 Å². The van der Waals surface area contributed by atoms with Crippen molar-refractivity contribution in [2.45, 2.75) is 19.8 Å². The van der Waals surface area contributed by atoms with Gasteiger partial charge in [0.2, 0.25) is 0 Å². The van der Waals surface area contributed by atoms with E-state index in [4.69, 9.17) is 9.47 Å². The summed E-state index contributed by atoms with van der Waals surface area (Å²) >= 11 is 0. The fourth-order valence-corrected chi connectivity index (χ4v) is 3.25. The van der Waals surface area contributed by atoms with Gasteiger partial charge in [0, 0.05) is 39.8 Å². The fraction of sp³-hybridized carbons (Fsp3) is 0.435. The normalized spacial score (nSPS) is 14.8. The average Bonchev–Trinajstić information content (AvgIpc) is 2.78. The molecule has 2 N–H and O–H groups in total. The predicted octanol–water partition coefficient (Wildman–Crippen LogP) is 3.02. The molecule has 2 aromatic rings. The van der Waals surface area contributed by atoms with Gasteiger partial charge in [-0.05, 0) is 16.7 Å². The molecule has 0 radical (unpaired) electrons. The number of hydrogen-bond acceptors (Lipinski definition) is 4. The topological polar surface area (TPSA) is 58.1 Å². The molecule has 0 aromatic heterocycles. The van der Waals surface area contributed by atoms with Gasteiger partial charge in [-0.25, -0.2) is 0 Å². The van der Waals surface area contributed by atoms with Crippen molar-refractivity contribution in [1.82, 2.24) is 15.5 Å². The number of nitrogens with zero attached hydrogens (tertiary/aromatic N) is 2. The lowest BCUT2D eigenvalue weighted by molar-refractivity contribution is 0.0389. The second-order valence-corrected chi connectivity index (χ2v) is 7.10. The van der Waals surface area contributed by atoms with Gasteiger partial charge >= 0.3 is 0 Å². The van der Waals surface area contributed by atoms with Crippen LogP contribution < -0.4 is 10.6 Å². The molecular weight excluding hydrogens is 491 g/mol. The first-order chi connectivity index (χ1) is 14.3. The molecule has 2 aromatic carbocycles. The van der Waals surface area contributed by atoms with Gasteiger partial charge < -0.3 is 20.1 Å². The van der Waals surface area contributed by atoms with Crippen molar-refractivity contribution in [3.8, 4) is 0 Å². The Labute approximate surface area is 197 Å². The quantitative estimate of drug-likeness (QED) is 0.300. The van der Waals surface area contributed by atoms with Crippen molar-refractivity contribution < 1.29 is 9.47 Å². The van der Waals surface area contributed by atoms with E-state index in [0.29, 0.717) is 13.2 Å². The third-order valence-corrected chi connectivity index (χ3v) is 4.88. The van der Waals surface area contributed by atoms with E-state index >= 15 is 0 Å². The van der Waals surface area contributed by atoms with Gasteiger partial charge in [-0.3, -0.25) is 9.89 Å². The van der Waals surface area contributed by atoms with E-state index in [-0.39, 0.29) is 24.0 Å². The van der Waals surface area contributed by atoms with Crippen LogP contribution in [0.25, 0.3) is 0 Å². The molecule has 1 aliphatic heterocycles. The lowest BCUT2D eigenvalue weighted by Crippen LogP contribution is -2.44. The molecule has 0 unspecified atom stereocenters. The predicted molar refractivity (Wildman–Crippen MR) is 132 cm³/mol. The van der Waals surface area contributed by atoms with Crippen LogP contribution in [-0.2, 0) is 29.2 Å². The van der Waals surface area contributed by atoms with E-state index in [2.05, 4.69) is 56.9 Å². The van der Waals surface area contributed by atoms with Gasteiger partial charge in [0.25, 0.3) is 0 Å². The largest absolute Gasteiger partial charge is 0.379 e. The minimum Gasteiger partial charge on any atom is -0.379 e. The Bertz CT molecular complexity index is 752. The smallest absolute Gasteiger partial charge is 0.191 e. The molecule has 164 valence electrons. The first kappa shape index (κ1) is 24.6. The molecule has 1 fully saturated rings. The lowest BCUT2D eigenvalue weighted by atomic mass is 10.1. The third kappa shape index (κ3) is 8.99. The van der Waals surface area contributed by atoms with Crippen LogP contribution in [0.1, 0.15) is 16.7 Å². The number of hydrogen-bond donors (Lipinski definition) is 2. The second kappa shape index (κ2) is 14.3. The second-order valence-electron chi connectivity index (χ2n) is 7.10. The zero-order valence-electron chi connectivity index (χ0n) is 17.7. The molecule has 6 nitrogen and oxygen atoms in total. The van der Waals surface area contributed by atoms with Crippen LogP contribution in [0.4, 0.5) is 0 Å². The summed E-state index contributed by atoms with van der Waals surface area (Å²) in [6.45, 7) is 7.50. The van der Waals surface area contributed by atoms with Crippen molar-refractivity contribution >= 4 is 29.9 Å². The SMILES string of the molecule is CN=C(NCCN1CCOCC1)NCc1cccc(COCc2ccccc2)c1.I. The number of morpholine rings is 1. The number of ether oxygens (including phenoxy) is 2. The van der Waals surface area contributed by atoms with Crippen LogP contribution in [0.2, 0.25) is 0 Å². The summed E-state index contributed by atoms with van der Waals surface area (Å²) in [6, 6.07) is 18.7. The molecule has 0 bridgehead atoms. The molecule has 30 heavy (non-hydrogen) atoms. The highest BCUT2D eigenvalue weighted by molar-refractivity contribution is 14.0. The Morgan fingerprint density at radius 1 is 0.967 bits per heavy atom. The summed E-state index contributed by atoms with van der Waals surface area (Å²) in [6.07, 6.45) is 0. The fourth-order valence-electron chi connectivity index (χ4n) is 3.25. The van der Waals surface area contributed by atoms with Gasteiger partial charge in [-0.1, -0.05) is 54.6 Å². The Hall–Kier alpha value is -1.68. The summed E-state index contributed by atoms with van der Waals surface area (Å²) in [5.41, 5.74) is 3.58. The average molecular weight is 524 g/mol. The minimum atomic E-state index is 0. The number of benzene rings is 2. The first-order valence-electron chi connectivity index (χ1n) is 10.3. The number of halogens is 1. The molecule has 0 saturated carbocycles. The van der Waals surface area contributed by atoms with Crippen molar-refractivity contribution in [2.24, 2.45) is 4.99 Å². The molecule has 1 saturated heterocycles. The number of nitrogens with one attached hydrogen (secondary N) is 2. The maximum atomic E-state index is 5.85. The van der Waals surface area contributed by atoms with Crippen molar-refractivity contribution in [3.63, 3.8) is 0 Å². The molecule has 0 atom stereocenters. The van der Waals surface area contributed by atoms with E-state index in [1.807, 2.05) is 18.2 Å². The summed E-state index contributed by atoms with van der Waals surface area (Å²) in [5, 5.41) is 6.77. The van der Waals surface area contributed by atoms with Crippen molar-refractivity contribution in [1.29, 1.82) is 0 Å². The van der Waals surface area contributed by atoms with Gasteiger partial charge in [0.1, 0.15) is 0 Å². The third-order valence-electron chi connectivity index (χ3n) is 4.88. The summed E-state index contributed by atoms with van der Waals surface area (Å²) < 4.78 is 11.2. The zero-order chi connectivity index (χ0) is 20.2.